The van der Waals surface area contributed by atoms with Gasteiger partial charge in [0.1, 0.15) is 0 Å². The molecule has 1 aromatic carbocycles. The van der Waals surface area contributed by atoms with Crippen molar-refractivity contribution in [3.8, 4) is 0 Å². The number of nitrogens with zero attached hydrogens (tertiary/aromatic N) is 1. The lowest BCUT2D eigenvalue weighted by atomic mass is 9.87. The summed E-state index contributed by atoms with van der Waals surface area (Å²) in [6.07, 6.45) is 1.26. The number of sulfonamides is 1. The van der Waals surface area contributed by atoms with Gasteiger partial charge in [-0.15, -0.1) is 0 Å². The number of carbonyl (C=O) groups is 3. The molecule has 33 heavy (non-hydrogen) atoms. The van der Waals surface area contributed by atoms with Crippen LogP contribution in [0.3, 0.4) is 0 Å². The van der Waals surface area contributed by atoms with Gasteiger partial charge in [0.2, 0.25) is 10.0 Å². The maximum absolute atomic E-state index is 13.0. The average Bonchev–Trinajstić information content (AvgIpc) is 3.57. The SMILES string of the molecule is CC(OC(=O)C1CCN(S(=O)(=O)c2ccc(C(C)(C)C)cc2)CC1)C(=O)NC(=O)NC1CC1. The molecule has 0 radical (unpaired) electrons. The quantitative estimate of drug-likeness (QED) is 0.604. The van der Waals surface area contributed by atoms with Crippen LogP contribution in [-0.2, 0) is 29.8 Å². The van der Waals surface area contributed by atoms with Gasteiger partial charge in [-0.2, -0.15) is 4.31 Å². The molecule has 0 bridgehead atoms. The first-order valence-corrected chi connectivity index (χ1v) is 12.7. The lowest BCUT2D eigenvalue weighted by Gasteiger charge is -2.30. The maximum atomic E-state index is 13.0. The number of urea groups is 1. The molecule has 1 heterocycles. The fraction of sp³-hybridized carbons (Fsp3) is 0.609. The van der Waals surface area contributed by atoms with Crippen molar-refractivity contribution in [2.24, 2.45) is 5.92 Å². The summed E-state index contributed by atoms with van der Waals surface area (Å²) in [5.41, 5.74) is 0.974. The van der Waals surface area contributed by atoms with Crippen molar-refractivity contribution < 1.29 is 27.5 Å². The molecule has 2 fully saturated rings. The second-order valence-corrected chi connectivity index (χ2v) is 11.7. The lowest BCUT2D eigenvalue weighted by molar-refractivity contribution is -0.159. The number of nitrogens with one attached hydrogen (secondary N) is 2. The van der Waals surface area contributed by atoms with Crippen LogP contribution in [0.15, 0.2) is 29.2 Å². The Morgan fingerprint density at radius 2 is 1.61 bits per heavy atom. The zero-order chi connectivity index (χ0) is 24.4. The van der Waals surface area contributed by atoms with Crippen LogP contribution in [0.1, 0.15) is 58.9 Å². The van der Waals surface area contributed by atoms with Crippen molar-refractivity contribution >= 4 is 27.9 Å². The highest BCUT2D eigenvalue weighted by atomic mass is 32.2. The smallest absolute Gasteiger partial charge is 0.321 e. The average molecular weight is 480 g/mol. The van der Waals surface area contributed by atoms with E-state index in [0.29, 0.717) is 12.8 Å². The van der Waals surface area contributed by atoms with E-state index < -0.39 is 40.0 Å². The standard InChI is InChI=1S/C23H33N3O6S/c1-15(20(27)25-22(29)24-18-7-8-18)32-21(28)16-11-13-26(14-12-16)33(30,31)19-9-5-17(6-10-19)23(2,3)4/h5-6,9-10,15-16,18H,7-8,11-14H2,1-4H3,(H2,24,25,27,29). The zero-order valence-electron chi connectivity index (χ0n) is 19.6. The molecule has 1 atom stereocenters. The summed E-state index contributed by atoms with van der Waals surface area (Å²) in [5, 5.41) is 4.79. The molecule has 182 valence electrons. The first-order valence-electron chi connectivity index (χ1n) is 11.3. The maximum Gasteiger partial charge on any atom is 0.321 e. The molecule has 1 unspecified atom stereocenters. The molecule has 3 rings (SSSR count). The van der Waals surface area contributed by atoms with E-state index in [1.54, 1.807) is 12.1 Å². The van der Waals surface area contributed by atoms with Crippen LogP contribution in [-0.4, -0.2) is 55.9 Å². The first kappa shape index (κ1) is 25.2. The minimum absolute atomic E-state index is 0.0734. The van der Waals surface area contributed by atoms with Crippen LogP contribution in [0.2, 0.25) is 0 Å². The summed E-state index contributed by atoms with van der Waals surface area (Å²) < 4.78 is 32.6. The van der Waals surface area contributed by atoms with Gasteiger partial charge in [-0.3, -0.25) is 14.9 Å². The molecule has 0 spiro atoms. The van der Waals surface area contributed by atoms with Gasteiger partial charge in [0, 0.05) is 19.1 Å². The largest absolute Gasteiger partial charge is 0.452 e. The van der Waals surface area contributed by atoms with Crippen LogP contribution >= 0.6 is 0 Å². The number of imide groups is 1. The van der Waals surface area contributed by atoms with E-state index in [1.165, 1.54) is 11.2 Å². The molecule has 0 aromatic heterocycles. The van der Waals surface area contributed by atoms with E-state index in [9.17, 15) is 22.8 Å². The van der Waals surface area contributed by atoms with E-state index in [4.69, 9.17) is 4.74 Å². The van der Waals surface area contributed by atoms with Crippen molar-refractivity contribution in [1.82, 2.24) is 14.9 Å². The van der Waals surface area contributed by atoms with Gasteiger partial charge in [-0.05, 0) is 55.7 Å². The number of esters is 1. The van der Waals surface area contributed by atoms with Crippen molar-refractivity contribution in [1.29, 1.82) is 0 Å². The third kappa shape index (κ3) is 6.54. The molecular formula is C23H33N3O6S. The Morgan fingerprint density at radius 1 is 1.03 bits per heavy atom. The number of hydrogen-bond acceptors (Lipinski definition) is 6. The Morgan fingerprint density at radius 3 is 2.12 bits per heavy atom. The third-order valence-electron chi connectivity index (χ3n) is 5.96. The molecule has 1 saturated carbocycles. The highest BCUT2D eigenvalue weighted by Gasteiger charge is 2.34. The highest BCUT2D eigenvalue weighted by molar-refractivity contribution is 7.89. The normalized spacial score (nSPS) is 18.9. The summed E-state index contributed by atoms with van der Waals surface area (Å²) >= 11 is 0. The monoisotopic (exact) mass is 479 g/mol. The third-order valence-corrected chi connectivity index (χ3v) is 7.87. The molecule has 10 heteroatoms. The summed E-state index contributed by atoms with van der Waals surface area (Å²) in [6.45, 7) is 7.97. The van der Waals surface area contributed by atoms with Gasteiger partial charge in [0.15, 0.2) is 6.10 Å². The van der Waals surface area contributed by atoms with Gasteiger partial charge in [-0.25, -0.2) is 13.2 Å². The van der Waals surface area contributed by atoms with Crippen LogP contribution in [0.5, 0.6) is 0 Å². The fourth-order valence-corrected chi connectivity index (χ4v) is 5.06. The van der Waals surface area contributed by atoms with Crippen molar-refractivity contribution in [3.63, 3.8) is 0 Å². The molecule has 1 aromatic rings. The molecule has 2 aliphatic rings. The molecular weight excluding hydrogens is 446 g/mol. The summed E-state index contributed by atoms with van der Waals surface area (Å²) in [6, 6.07) is 6.40. The van der Waals surface area contributed by atoms with Gasteiger partial charge in [-0.1, -0.05) is 32.9 Å². The Bertz CT molecular complexity index is 988. The van der Waals surface area contributed by atoms with E-state index >= 15 is 0 Å². The van der Waals surface area contributed by atoms with Crippen LogP contribution < -0.4 is 10.6 Å². The molecule has 1 aliphatic heterocycles. The number of ether oxygens (including phenoxy) is 1. The lowest BCUT2D eigenvalue weighted by Crippen LogP contribution is -2.46. The van der Waals surface area contributed by atoms with Crippen molar-refractivity contribution in [2.45, 2.75) is 75.8 Å². The zero-order valence-corrected chi connectivity index (χ0v) is 20.4. The summed E-state index contributed by atoms with van der Waals surface area (Å²) in [7, 11) is -3.66. The second kappa shape index (κ2) is 9.80. The van der Waals surface area contributed by atoms with Gasteiger partial charge < -0.3 is 10.1 Å². The van der Waals surface area contributed by atoms with Crippen LogP contribution in [0.4, 0.5) is 4.79 Å². The molecule has 1 saturated heterocycles. The molecule has 9 nitrogen and oxygen atoms in total. The second-order valence-electron chi connectivity index (χ2n) is 9.77. The Labute approximate surface area is 195 Å². The predicted octanol–water partition coefficient (Wildman–Crippen LogP) is 2.30. The van der Waals surface area contributed by atoms with E-state index in [2.05, 4.69) is 31.4 Å². The van der Waals surface area contributed by atoms with E-state index in [0.717, 1.165) is 18.4 Å². The Balaban J connectivity index is 1.50. The number of carbonyl (C=O) groups excluding carboxylic acids is 3. The number of amides is 3. The number of benzene rings is 1. The molecule has 2 N–H and O–H groups in total. The topological polar surface area (TPSA) is 122 Å². The number of rotatable bonds is 6. The van der Waals surface area contributed by atoms with Crippen LogP contribution in [0, 0.1) is 5.92 Å². The highest BCUT2D eigenvalue weighted by Crippen LogP contribution is 2.27. The Kier molecular flexibility index (Phi) is 7.48. The summed E-state index contributed by atoms with van der Waals surface area (Å²) in [5.74, 6) is -1.76. The van der Waals surface area contributed by atoms with E-state index in [1.807, 2.05) is 12.1 Å². The van der Waals surface area contributed by atoms with Crippen LogP contribution in [0.25, 0.3) is 0 Å². The summed E-state index contributed by atoms with van der Waals surface area (Å²) in [4.78, 5) is 36.4. The van der Waals surface area contributed by atoms with Gasteiger partial charge >= 0.3 is 12.0 Å². The molecule has 1 aliphatic carbocycles. The predicted molar refractivity (Wildman–Crippen MR) is 122 cm³/mol. The van der Waals surface area contributed by atoms with Gasteiger partial charge in [0.25, 0.3) is 5.91 Å². The molecule has 3 amide bonds. The minimum atomic E-state index is -3.66. The number of piperidine rings is 1. The van der Waals surface area contributed by atoms with Gasteiger partial charge in [0.05, 0.1) is 10.8 Å². The first-order chi connectivity index (χ1) is 15.4. The van der Waals surface area contributed by atoms with Crippen molar-refractivity contribution in [3.05, 3.63) is 29.8 Å². The van der Waals surface area contributed by atoms with E-state index in [-0.39, 0.29) is 29.4 Å². The number of hydrogen-bond donors (Lipinski definition) is 2. The Hall–Kier alpha value is -2.46. The van der Waals surface area contributed by atoms with Crippen molar-refractivity contribution in [2.75, 3.05) is 13.1 Å². The minimum Gasteiger partial charge on any atom is -0.452 e. The fourth-order valence-electron chi connectivity index (χ4n) is 3.59.